The summed E-state index contributed by atoms with van der Waals surface area (Å²) in [6.07, 6.45) is 1.77. The number of rotatable bonds is 7. The number of thioether (sulfide) groups is 1. The van der Waals surface area contributed by atoms with Gasteiger partial charge in [-0.15, -0.1) is 0 Å². The number of nitrogens with one attached hydrogen (secondary N) is 1. The standard InChI is InChI=1S/C25H20ClFN2O3S/c1-2-31-22-13-16(6-11-21(22)32-15-17-4-3-5-19(27)12-17)14-23-24(30)29-25(33-23)28-20-9-7-18(26)8-10-20/h3-14H,2,15H2,1H3,(H,28,29,30). The third kappa shape index (κ3) is 6.15. The quantitative estimate of drug-likeness (QED) is 0.399. The minimum Gasteiger partial charge on any atom is -0.490 e. The van der Waals surface area contributed by atoms with Gasteiger partial charge < -0.3 is 14.8 Å². The molecule has 0 atom stereocenters. The SMILES string of the molecule is CCOc1cc(C=C2SC(=Nc3ccc(Cl)cc3)NC2=O)ccc1OCc1cccc(F)c1. The number of ether oxygens (including phenoxy) is 2. The molecule has 3 aromatic rings. The molecule has 1 aliphatic rings. The molecular formula is C25H20ClFN2O3S. The van der Waals surface area contributed by atoms with Crippen molar-refractivity contribution in [2.75, 3.05) is 6.61 Å². The molecule has 1 saturated heterocycles. The first-order valence-corrected chi connectivity index (χ1v) is 11.4. The van der Waals surface area contributed by atoms with Crippen molar-refractivity contribution in [2.45, 2.75) is 13.5 Å². The number of carbonyl (C=O) groups excluding carboxylic acids is 1. The molecule has 3 aromatic carbocycles. The summed E-state index contributed by atoms with van der Waals surface area (Å²) in [7, 11) is 0. The van der Waals surface area contributed by atoms with Crippen LogP contribution < -0.4 is 14.8 Å². The van der Waals surface area contributed by atoms with Crippen molar-refractivity contribution < 1.29 is 18.7 Å². The highest BCUT2D eigenvalue weighted by Gasteiger charge is 2.24. The smallest absolute Gasteiger partial charge is 0.264 e. The molecule has 0 spiro atoms. The average molecular weight is 483 g/mol. The third-order valence-electron chi connectivity index (χ3n) is 4.56. The monoisotopic (exact) mass is 482 g/mol. The summed E-state index contributed by atoms with van der Waals surface area (Å²) in [5.74, 6) is 0.546. The number of benzene rings is 3. The van der Waals surface area contributed by atoms with Crippen molar-refractivity contribution >= 4 is 46.2 Å². The fraction of sp³-hybridized carbons (Fsp3) is 0.120. The van der Waals surface area contributed by atoms with E-state index in [2.05, 4.69) is 10.3 Å². The number of hydrogen-bond donors (Lipinski definition) is 1. The topological polar surface area (TPSA) is 59.9 Å². The lowest BCUT2D eigenvalue weighted by atomic mass is 10.2. The van der Waals surface area contributed by atoms with Gasteiger partial charge in [-0.05, 0) is 84.4 Å². The lowest BCUT2D eigenvalue weighted by Gasteiger charge is -2.13. The van der Waals surface area contributed by atoms with Crippen molar-refractivity contribution in [3.63, 3.8) is 0 Å². The lowest BCUT2D eigenvalue weighted by Crippen LogP contribution is -2.19. The molecule has 0 bridgehead atoms. The van der Waals surface area contributed by atoms with Crippen LogP contribution in [0.4, 0.5) is 10.1 Å². The molecule has 168 valence electrons. The maximum atomic E-state index is 13.4. The second-order valence-electron chi connectivity index (χ2n) is 7.02. The molecule has 1 N–H and O–H groups in total. The maximum Gasteiger partial charge on any atom is 0.264 e. The van der Waals surface area contributed by atoms with Gasteiger partial charge >= 0.3 is 0 Å². The zero-order chi connectivity index (χ0) is 23.2. The second kappa shape index (κ2) is 10.6. The Morgan fingerprint density at radius 1 is 1.06 bits per heavy atom. The minimum absolute atomic E-state index is 0.209. The van der Waals surface area contributed by atoms with Crippen molar-refractivity contribution in [1.29, 1.82) is 0 Å². The summed E-state index contributed by atoms with van der Waals surface area (Å²) < 4.78 is 25.0. The van der Waals surface area contributed by atoms with Gasteiger partial charge in [-0.3, -0.25) is 4.79 Å². The number of amides is 1. The molecule has 5 nitrogen and oxygen atoms in total. The van der Waals surface area contributed by atoms with Gasteiger partial charge in [-0.2, -0.15) is 0 Å². The van der Waals surface area contributed by atoms with Gasteiger partial charge in [-0.25, -0.2) is 9.38 Å². The van der Waals surface area contributed by atoms with Crippen molar-refractivity contribution in [2.24, 2.45) is 4.99 Å². The number of aliphatic imine (C=N–C) groups is 1. The third-order valence-corrected chi connectivity index (χ3v) is 5.72. The zero-order valence-electron chi connectivity index (χ0n) is 17.7. The fourth-order valence-corrected chi connectivity index (χ4v) is 4.02. The van der Waals surface area contributed by atoms with E-state index in [-0.39, 0.29) is 18.3 Å². The molecule has 0 aromatic heterocycles. The first kappa shape index (κ1) is 22.9. The molecule has 0 unspecified atom stereocenters. The van der Waals surface area contributed by atoms with E-state index in [1.165, 1.54) is 23.9 Å². The molecule has 1 amide bonds. The largest absolute Gasteiger partial charge is 0.490 e. The Morgan fingerprint density at radius 2 is 1.88 bits per heavy atom. The highest BCUT2D eigenvalue weighted by Crippen LogP contribution is 2.33. The van der Waals surface area contributed by atoms with E-state index in [4.69, 9.17) is 21.1 Å². The van der Waals surface area contributed by atoms with Crippen LogP contribution in [0.15, 0.2) is 76.6 Å². The summed E-state index contributed by atoms with van der Waals surface area (Å²) >= 11 is 7.16. The van der Waals surface area contributed by atoms with Crippen LogP contribution in [0.2, 0.25) is 5.02 Å². The summed E-state index contributed by atoms with van der Waals surface area (Å²) in [4.78, 5) is 17.4. The average Bonchev–Trinajstić information content (AvgIpc) is 3.13. The van der Waals surface area contributed by atoms with Crippen LogP contribution in [-0.4, -0.2) is 17.7 Å². The van der Waals surface area contributed by atoms with Crippen LogP contribution in [0, 0.1) is 5.82 Å². The predicted molar refractivity (Wildman–Crippen MR) is 131 cm³/mol. The van der Waals surface area contributed by atoms with Gasteiger partial charge in [0.15, 0.2) is 16.7 Å². The van der Waals surface area contributed by atoms with E-state index in [1.54, 1.807) is 54.6 Å². The molecule has 1 fully saturated rings. The van der Waals surface area contributed by atoms with Crippen LogP contribution in [0.1, 0.15) is 18.1 Å². The predicted octanol–water partition coefficient (Wildman–Crippen LogP) is 6.35. The molecule has 33 heavy (non-hydrogen) atoms. The highest BCUT2D eigenvalue weighted by molar-refractivity contribution is 8.18. The number of amidine groups is 1. The van der Waals surface area contributed by atoms with Gasteiger partial charge in [0.25, 0.3) is 5.91 Å². The van der Waals surface area contributed by atoms with Crippen LogP contribution in [0.25, 0.3) is 6.08 Å². The molecular weight excluding hydrogens is 463 g/mol. The van der Waals surface area contributed by atoms with Gasteiger partial charge in [0.2, 0.25) is 0 Å². The van der Waals surface area contributed by atoms with Crippen LogP contribution >= 0.6 is 23.4 Å². The van der Waals surface area contributed by atoms with Gasteiger partial charge in [0.05, 0.1) is 17.2 Å². The number of carbonyl (C=O) groups is 1. The van der Waals surface area contributed by atoms with E-state index in [9.17, 15) is 9.18 Å². The van der Waals surface area contributed by atoms with Crippen molar-refractivity contribution in [1.82, 2.24) is 5.32 Å². The fourth-order valence-electron chi connectivity index (χ4n) is 3.05. The first-order valence-electron chi connectivity index (χ1n) is 10.2. The first-order chi connectivity index (χ1) is 16.0. The lowest BCUT2D eigenvalue weighted by molar-refractivity contribution is -0.115. The summed E-state index contributed by atoms with van der Waals surface area (Å²) in [6, 6.07) is 18.7. The Balaban J connectivity index is 1.50. The van der Waals surface area contributed by atoms with Crippen molar-refractivity contribution in [3.8, 4) is 11.5 Å². The zero-order valence-corrected chi connectivity index (χ0v) is 19.3. The molecule has 0 radical (unpaired) electrons. The molecule has 8 heteroatoms. The number of hydrogen-bond acceptors (Lipinski definition) is 5. The molecule has 1 aliphatic heterocycles. The van der Waals surface area contributed by atoms with E-state index in [0.717, 1.165) is 11.1 Å². The highest BCUT2D eigenvalue weighted by atomic mass is 35.5. The molecule has 0 aliphatic carbocycles. The van der Waals surface area contributed by atoms with Crippen LogP contribution in [0.3, 0.4) is 0 Å². The van der Waals surface area contributed by atoms with E-state index >= 15 is 0 Å². The van der Waals surface area contributed by atoms with Gasteiger partial charge in [-0.1, -0.05) is 29.8 Å². The number of nitrogens with zero attached hydrogens (tertiary/aromatic N) is 1. The van der Waals surface area contributed by atoms with E-state index < -0.39 is 0 Å². The van der Waals surface area contributed by atoms with Crippen LogP contribution in [-0.2, 0) is 11.4 Å². The molecule has 1 heterocycles. The van der Waals surface area contributed by atoms with Gasteiger partial charge in [0.1, 0.15) is 12.4 Å². The van der Waals surface area contributed by atoms with Crippen LogP contribution in [0.5, 0.6) is 11.5 Å². The Kier molecular flexibility index (Phi) is 7.32. The Bertz CT molecular complexity index is 1230. The summed E-state index contributed by atoms with van der Waals surface area (Å²) in [5, 5.41) is 3.88. The Morgan fingerprint density at radius 3 is 2.64 bits per heavy atom. The van der Waals surface area contributed by atoms with Crippen molar-refractivity contribution in [3.05, 3.63) is 93.6 Å². The minimum atomic E-state index is -0.311. The van der Waals surface area contributed by atoms with E-state index in [0.29, 0.717) is 38.9 Å². The normalized spacial score (nSPS) is 15.7. The Hall–Kier alpha value is -3.29. The van der Waals surface area contributed by atoms with E-state index in [1.807, 2.05) is 13.0 Å². The maximum absolute atomic E-state index is 13.4. The second-order valence-corrected chi connectivity index (χ2v) is 8.48. The molecule has 4 rings (SSSR count). The summed E-state index contributed by atoms with van der Waals surface area (Å²) in [6.45, 7) is 2.53. The Labute approximate surface area is 200 Å². The summed E-state index contributed by atoms with van der Waals surface area (Å²) in [5.41, 5.74) is 2.19. The van der Waals surface area contributed by atoms with Gasteiger partial charge in [0, 0.05) is 5.02 Å². The molecule has 0 saturated carbocycles. The number of halogens is 2.